The van der Waals surface area contributed by atoms with E-state index < -0.39 is 0 Å². The molecule has 0 amide bonds. The first-order chi connectivity index (χ1) is 11.5. The summed E-state index contributed by atoms with van der Waals surface area (Å²) in [5, 5.41) is 0. The van der Waals surface area contributed by atoms with Crippen LogP contribution in [0.1, 0.15) is 76.8 Å². The summed E-state index contributed by atoms with van der Waals surface area (Å²) in [6, 6.07) is 6.58. The second-order valence-corrected chi connectivity index (χ2v) is 8.97. The van der Waals surface area contributed by atoms with E-state index in [0.29, 0.717) is 11.8 Å². The molecule has 3 nitrogen and oxygen atoms in total. The highest BCUT2D eigenvalue weighted by molar-refractivity contribution is 5.35. The molecular weight excluding hydrogens is 308 g/mol. The first-order valence-corrected chi connectivity index (χ1v) is 9.02. The zero-order valence-electron chi connectivity index (χ0n) is 17.0. The average Bonchev–Trinajstić information content (AvgIpc) is 2.53. The minimum absolute atomic E-state index is 0.0711. The topological polar surface area (TPSA) is 35.0 Å². The van der Waals surface area contributed by atoms with Gasteiger partial charge >= 0.3 is 0 Å². The van der Waals surface area contributed by atoms with Crippen molar-refractivity contribution in [3.8, 4) is 5.88 Å². The van der Waals surface area contributed by atoms with Crippen molar-refractivity contribution < 1.29 is 4.74 Å². The van der Waals surface area contributed by atoms with Crippen LogP contribution in [-0.2, 0) is 17.3 Å². The maximum absolute atomic E-state index is 5.50. The lowest BCUT2D eigenvalue weighted by Crippen LogP contribution is -2.14. The molecule has 0 fully saturated rings. The Kier molecular flexibility index (Phi) is 5.55. The molecule has 3 heteroatoms. The van der Waals surface area contributed by atoms with Gasteiger partial charge in [-0.15, -0.1) is 0 Å². The van der Waals surface area contributed by atoms with Gasteiger partial charge in [0, 0.05) is 29.6 Å². The lowest BCUT2D eigenvalue weighted by atomic mass is 9.85. The first-order valence-electron chi connectivity index (χ1n) is 9.02. The third kappa shape index (κ3) is 4.81. The molecule has 0 aliphatic carbocycles. The molecular formula is C22H32N2O. The molecule has 0 bridgehead atoms. The van der Waals surface area contributed by atoms with Crippen LogP contribution in [0, 0.1) is 0 Å². The molecule has 25 heavy (non-hydrogen) atoms. The number of pyridine rings is 2. The molecule has 2 aromatic heterocycles. The zero-order valence-corrected chi connectivity index (χ0v) is 17.0. The Morgan fingerprint density at radius 1 is 0.960 bits per heavy atom. The summed E-state index contributed by atoms with van der Waals surface area (Å²) < 4.78 is 5.50. The number of hydrogen-bond donors (Lipinski definition) is 0. The molecule has 0 N–H and O–H groups in total. The highest BCUT2D eigenvalue weighted by atomic mass is 16.5. The van der Waals surface area contributed by atoms with Gasteiger partial charge < -0.3 is 4.74 Å². The van der Waals surface area contributed by atoms with Crippen LogP contribution in [0.5, 0.6) is 5.88 Å². The smallest absolute Gasteiger partial charge is 0.216 e. The fraction of sp³-hybridized carbons (Fsp3) is 0.545. The Bertz CT molecular complexity index is 724. The summed E-state index contributed by atoms with van der Waals surface area (Å²) in [7, 11) is 1.69. The fourth-order valence-electron chi connectivity index (χ4n) is 2.86. The van der Waals surface area contributed by atoms with Gasteiger partial charge in [0.05, 0.1) is 7.11 Å². The van der Waals surface area contributed by atoms with Crippen LogP contribution in [0.2, 0.25) is 0 Å². The van der Waals surface area contributed by atoms with Gasteiger partial charge in [0.2, 0.25) is 5.88 Å². The van der Waals surface area contributed by atoms with Gasteiger partial charge in [0.1, 0.15) is 0 Å². The van der Waals surface area contributed by atoms with E-state index in [1.807, 2.05) is 12.4 Å². The van der Waals surface area contributed by atoms with Gasteiger partial charge in [-0.05, 0) is 46.6 Å². The molecule has 1 atom stereocenters. The highest BCUT2D eigenvalue weighted by Crippen LogP contribution is 2.30. The SMILES string of the molecule is COc1ncc(C(C)(C)C)cc1CC(C)c1cc(C(C)(C)C)ccn1. The van der Waals surface area contributed by atoms with E-state index in [2.05, 4.69) is 76.6 Å². The predicted octanol–water partition coefficient (Wildman–Crippen LogP) is 5.43. The van der Waals surface area contributed by atoms with Crippen molar-refractivity contribution in [2.45, 2.75) is 71.6 Å². The van der Waals surface area contributed by atoms with Gasteiger partial charge in [-0.3, -0.25) is 4.98 Å². The first kappa shape index (κ1) is 19.4. The molecule has 2 rings (SSSR count). The number of methoxy groups -OCH3 is 1. The van der Waals surface area contributed by atoms with Gasteiger partial charge in [-0.25, -0.2) is 4.98 Å². The van der Waals surface area contributed by atoms with E-state index in [9.17, 15) is 0 Å². The molecule has 0 saturated heterocycles. The van der Waals surface area contributed by atoms with Crippen molar-refractivity contribution in [3.63, 3.8) is 0 Å². The molecule has 0 aliphatic rings. The number of rotatable bonds is 4. The lowest BCUT2D eigenvalue weighted by molar-refractivity contribution is 0.389. The van der Waals surface area contributed by atoms with Gasteiger partial charge in [-0.1, -0.05) is 48.5 Å². The number of hydrogen-bond acceptors (Lipinski definition) is 3. The van der Waals surface area contributed by atoms with E-state index in [0.717, 1.165) is 17.7 Å². The van der Waals surface area contributed by atoms with Crippen molar-refractivity contribution >= 4 is 0 Å². The van der Waals surface area contributed by atoms with Crippen LogP contribution in [0.3, 0.4) is 0 Å². The average molecular weight is 341 g/mol. The Hall–Kier alpha value is -1.90. The highest BCUT2D eigenvalue weighted by Gasteiger charge is 2.20. The van der Waals surface area contributed by atoms with Crippen molar-refractivity contribution in [2.24, 2.45) is 0 Å². The monoisotopic (exact) mass is 340 g/mol. The molecule has 2 aromatic rings. The van der Waals surface area contributed by atoms with Crippen LogP contribution in [0.4, 0.5) is 0 Å². The maximum Gasteiger partial charge on any atom is 0.216 e. The minimum atomic E-state index is 0.0711. The zero-order chi connectivity index (χ0) is 18.8. The molecule has 2 heterocycles. The summed E-state index contributed by atoms with van der Waals surface area (Å²) in [4.78, 5) is 9.14. The minimum Gasteiger partial charge on any atom is -0.481 e. The summed E-state index contributed by atoms with van der Waals surface area (Å²) in [5.41, 5.74) is 5.01. The third-order valence-corrected chi connectivity index (χ3v) is 4.66. The summed E-state index contributed by atoms with van der Waals surface area (Å²) in [6.07, 6.45) is 4.71. The largest absolute Gasteiger partial charge is 0.481 e. The van der Waals surface area contributed by atoms with Gasteiger partial charge in [-0.2, -0.15) is 0 Å². The Morgan fingerprint density at radius 3 is 2.16 bits per heavy atom. The van der Waals surface area contributed by atoms with E-state index in [1.54, 1.807) is 7.11 Å². The molecule has 0 aliphatic heterocycles. The maximum atomic E-state index is 5.50. The van der Waals surface area contributed by atoms with Crippen LogP contribution in [0.25, 0.3) is 0 Å². The Balaban J connectivity index is 2.33. The Labute approximate surface area is 152 Å². The van der Waals surface area contributed by atoms with Crippen LogP contribution < -0.4 is 4.74 Å². The van der Waals surface area contributed by atoms with Crippen molar-refractivity contribution in [2.75, 3.05) is 7.11 Å². The molecule has 1 unspecified atom stereocenters. The van der Waals surface area contributed by atoms with Crippen molar-refractivity contribution in [1.82, 2.24) is 9.97 Å². The van der Waals surface area contributed by atoms with Crippen LogP contribution in [-0.4, -0.2) is 17.1 Å². The molecule has 0 radical (unpaired) electrons. The number of aromatic nitrogens is 2. The van der Waals surface area contributed by atoms with Crippen molar-refractivity contribution in [1.29, 1.82) is 0 Å². The van der Waals surface area contributed by atoms with E-state index in [1.165, 1.54) is 11.1 Å². The fourth-order valence-corrected chi connectivity index (χ4v) is 2.86. The third-order valence-electron chi connectivity index (χ3n) is 4.66. The predicted molar refractivity (Wildman–Crippen MR) is 105 cm³/mol. The lowest BCUT2D eigenvalue weighted by Gasteiger charge is -2.22. The normalized spacial score (nSPS) is 13.6. The second-order valence-electron chi connectivity index (χ2n) is 8.97. The summed E-state index contributed by atoms with van der Waals surface area (Å²) >= 11 is 0. The van der Waals surface area contributed by atoms with Crippen molar-refractivity contribution in [3.05, 3.63) is 53.0 Å². The number of nitrogens with zero attached hydrogens (tertiary/aromatic N) is 2. The summed E-state index contributed by atoms with van der Waals surface area (Å²) in [6.45, 7) is 15.5. The van der Waals surface area contributed by atoms with E-state index >= 15 is 0 Å². The van der Waals surface area contributed by atoms with Gasteiger partial charge in [0.15, 0.2) is 0 Å². The molecule has 0 aromatic carbocycles. The second kappa shape index (κ2) is 7.15. The summed E-state index contributed by atoms with van der Waals surface area (Å²) in [5.74, 6) is 1.01. The van der Waals surface area contributed by atoms with E-state index in [-0.39, 0.29) is 10.8 Å². The van der Waals surface area contributed by atoms with Crippen LogP contribution in [0.15, 0.2) is 30.6 Å². The van der Waals surface area contributed by atoms with Crippen LogP contribution >= 0.6 is 0 Å². The Morgan fingerprint density at radius 2 is 1.60 bits per heavy atom. The molecule has 0 saturated carbocycles. The molecule has 136 valence electrons. The number of ether oxygens (including phenoxy) is 1. The quantitative estimate of drug-likeness (QED) is 0.745. The van der Waals surface area contributed by atoms with E-state index in [4.69, 9.17) is 4.74 Å². The molecule has 0 spiro atoms. The standard InChI is InChI=1S/C22H32N2O/c1-15(19-13-17(9-10-23-19)21(2,3)4)11-16-12-18(22(5,6)7)14-24-20(16)25-8/h9-10,12-15H,11H2,1-8H3. The van der Waals surface area contributed by atoms with Gasteiger partial charge in [0.25, 0.3) is 0 Å².